The van der Waals surface area contributed by atoms with Gasteiger partial charge in [-0.15, -0.1) is 6.58 Å². The van der Waals surface area contributed by atoms with E-state index in [9.17, 15) is 0 Å². The van der Waals surface area contributed by atoms with Crippen LogP contribution in [0, 0.1) is 0 Å². The van der Waals surface area contributed by atoms with E-state index in [1.807, 2.05) is 6.92 Å². The number of hydrogen-bond donors (Lipinski definition) is 2. The van der Waals surface area contributed by atoms with Gasteiger partial charge in [0.05, 0.1) is 0 Å². The quantitative estimate of drug-likeness (QED) is 0.282. The second kappa shape index (κ2) is 2.87. The van der Waals surface area contributed by atoms with Crippen LogP contribution in [0.25, 0.3) is 0 Å². The summed E-state index contributed by atoms with van der Waals surface area (Å²) in [7, 11) is 0. The monoisotopic (exact) mass is 86.1 g/mol. The van der Waals surface area contributed by atoms with Gasteiger partial charge in [0.25, 0.3) is 0 Å². The van der Waals surface area contributed by atoms with Crippen LogP contribution in [0.5, 0.6) is 0 Å². The predicted molar refractivity (Wildman–Crippen MR) is 27.0 cm³/mol. The Morgan fingerprint density at radius 3 is 2.50 bits per heavy atom. The van der Waals surface area contributed by atoms with Crippen molar-refractivity contribution in [3.8, 4) is 0 Å². The highest BCUT2D eigenvalue weighted by molar-refractivity contribution is 4.78. The first-order valence-corrected chi connectivity index (χ1v) is 1.90. The molecule has 0 amide bonds. The van der Waals surface area contributed by atoms with Crippen molar-refractivity contribution in [2.45, 2.75) is 13.0 Å². The van der Waals surface area contributed by atoms with Crippen LogP contribution < -0.4 is 11.3 Å². The molecule has 3 N–H and O–H groups in total. The fourth-order valence-electron chi connectivity index (χ4n) is 0.0680. The molecule has 0 saturated carbocycles. The number of rotatable bonds is 2. The van der Waals surface area contributed by atoms with Crippen LogP contribution in [0.1, 0.15) is 6.92 Å². The summed E-state index contributed by atoms with van der Waals surface area (Å²) in [5.41, 5.74) is 2.50. The van der Waals surface area contributed by atoms with Crippen molar-refractivity contribution in [1.29, 1.82) is 0 Å². The molecule has 0 bridgehead atoms. The Morgan fingerprint density at radius 1 is 2.00 bits per heavy atom. The van der Waals surface area contributed by atoms with Gasteiger partial charge in [-0.2, -0.15) is 0 Å². The molecular formula is C4H10N2. The van der Waals surface area contributed by atoms with Crippen LogP contribution in [0.2, 0.25) is 0 Å². The van der Waals surface area contributed by atoms with Gasteiger partial charge in [-0.25, -0.2) is 0 Å². The molecule has 36 valence electrons. The van der Waals surface area contributed by atoms with Crippen LogP contribution >= 0.6 is 0 Å². The summed E-state index contributed by atoms with van der Waals surface area (Å²) in [5.74, 6) is 4.96. The van der Waals surface area contributed by atoms with Gasteiger partial charge in [-0.05, 0) is 6.92 Å². The molecule has 6 heavy (non-hydrogen) atoms. The van der Waals surface area contributed by atoms with E-state index in [1.165, 1.54) is 0 Å². The Labute approximate surface area is 38.0 Å². The van der Waals surface area contributed by atoms with Gasteiger partial charge in [0.2, 0.25) is 0 Å². The molecule has 0 aromatic rings. The molecule has 1 atom stereocenters. The first kappa shape index (κ1) is 5.66. The van der Waals surface area contributed by atoms with Crippen molar-refractivity contribution in [1.82, 2.24) is 5.43 Å². The Balaban J connectivity index is 2.96. The van der Waals surface area contributed by atoms with E-state index in [4.69, 9.17) is 5.84 Å². The lowest BCUT2D eigenvalue weighted by Gasteiger charge is -1.97. The second-order valence-electron chi connectivity index (χ2n) is 1.19. The summed E-state index contributed by atoms with van der Waals surface area (Å²) in [4.78, 5) is 0. The van der Waals surface area contributed by atoms with E-state index < -0.39 is 0 Å². The highest BCUT2D eigenvalue weighted by atomic mass is 15.2. The van der Waals surface area contributed by atoms with Gasteiger partial charge in [0, 0.05) is 6.04 Å². The summed E-state index contributed by atoms with van der Waals surface area (Å²) in [6, 6.07) is 0.227. The van der Waals surface area contributed by atoms with Crippen molar-refractivity contribution in [2.24, 2.45) is 5.84 Å². The average Bonchev–Trinajstić information content (AvgIpc) is 1.65. The van der Waals surface area contributed by atoms with E-state index in [2.05, 4.69) is 12.0 Å². The molecule has 1 unspecified atom stereocenters. The molecule has 0 radical (unpaired) electrons. The Kier molecular flexibility index (Phi) is 2.71. The minimum Gasteiger partial charge on any atom is -0.271 e. The van der Waals surface area contributed by atoms with Crippen molar-refractivity contribution in [2.75, 3.05) is 0 Å². The molecule has 0 aromatic heterocycles. The number of nitrogens with two attached hydrogens (primary N) is 1. The minimum atomic E-state index is 0.227. The lowest BCUT2D eigenvalue weighted by Crippen LogP contribution is -2.30. The third kappa shape index (κ3) is 1.93. The van der Waals surface area contributed by atoms with E-state index in [-0.39, 0.29) is 6.04 Å². The van der Waals surface area contributed by atoms with E-state index >= 15 is 0 Å². The lowest BCUT2D eigenvalue weighted by molar-refractivity contribution is 0.670. The number of hydrazine groups is 1. The average molecular weight is 86.1 g/mol. The van der Waals surface area contributed by atoms with Crippen LogP contribution in [0.3, 0.4) is 0 Å². The Morgan fingerprint density at radius 2 is 2.50 bits per heavy atom. The van der Waals surface area contributed by atoms with E-state index in [1.54, 1.807) is 6.08 Å². The van der Waals surface area contributed by atoms with Gasteiger partial charge in [0.15, 0.2) is 0 Å². The maximum absolute atomic E-state index is 4.96. The molecule has 0 aliphatic heterocycles. The molecule has 0 spiro atoms. The fraction of sp³-hybridized carbons (Fsp3) is 0.500. The smallest absolute Gasteiger partial charge is 0.0359 e. The Hall–Kier alpha value is -0.340. The molecular weight excluding hydrogens is 76.1 g/mol. The zero-order chi connectivity index (χ0) is 4.99. The van der Waals surface area contributed by atoms with Crippen LogP contribution in [-0.4, -0.2) is 6.04 Å². The molecule has 0 aromatic carbocycles. The topological polar surface area (TPSA) is 38.0 Å². The molecule has 0 saturated heterocycles. The molecule has 0 rings (SSSR count). The van der Waals surface area contributed by atoms with Gasteiger partial charge >= 0.3 is 0 Å². The van der Waals surface area contributed by atoms with Crippen LogP contribution in [0.15, 0.2) is 12.7 Å². The van der Waals surface area contributed by atoms with Crippen molar-refractivity contribution in [3.63, 3.8) is 0 Å². The van der Waals surface area contributed by atoms with E-state index in [0.717, 1.165) is 0 Å². The number of hydrogen-bond acceptors (Lipinski definition) is 2. The fourth-order valence-corrected chi connectivity index (χ4v) is 0.0680. The zero-order valence-corrected chi connectivity index (χ0v) is 3.94. The van der Waals surface area contributed by atoms with Crippen molar-refractivity contribution in [3.05, 3.63) is 12.7 Å². The SMILES string of the molecule is C=CC(C)NN. The summed E-state index contributed by atoms with van der Waals surface area (Å²) in [6.45, 7) is 5.41. The summed E-state index contributed by atoms with van der Waals surface area (Å²) < 4.78 is 0. The standard InChI is InChI=1S/C4H10N2/c1-3-4(2)6-5/h3-4,6H,1,5H2,2H3. The molecule has 2 nitrogen and oxygen atoms in total. The second-order valence-corrected chi connectivity index (χ2v) is 1.19. The third-order valence-corrected chi connectivity index (χ3v) is 0.616. The first-order chi connectivity index (χ1) is 2.81. The molecule has 0 fully saturated rings. The number of nitrogens with one attached hydrogen (secondary N) is 1. The van der Waals surface area contributed by atoms with Crippen molar-refractivity contribution >= 4 is 0 Å². The highest BCUT2D eigenvalue weighted by Crippen LogP contribution is 1.72. The summed E-state index contributed by atoms with van der Waals surface area (Å²) >= 11 is 0. The van der Waals surface area contributed by atoms with Crippen LogP contribution in [0.4, 0.5) is 0 Å². The largest absolute Gasteiger partial charge is 0.271 e. The van der Waals surface area contributed by atoms with Gasteiger partial charge in [0.1, 0.15) is 0 Å². The molecule has 0 heterocycles. The van der Waals surface area contributed by atoms with E-state index in [0.29, 0.717) is 0 Å². The molecule has 0 aliphatic carbocycles. The summed E-state index contributed by atoms with van der Waals surface area (Å²) in [5, 5.41) is 0. The maximum Gasteiger partial charge on any atom is 0.0359 e. The highest BCUT2D eigenvalue weighted by Gasteiger charge is 1.82. The maximum atomic E-state index is 4.96. The van der Waals surface area contributed by atoms with Crippen LogP contribution in [-0.2, 0) is 0 Å². The Bertz CT molecular complexity index is 42.8. The van der Waals surface area contributed by atoms with Crippen molar-refractivity contribution < 1.29 is 0 Å². The minimum absolute atomic E-state index is 0.227. The van der Waals surface area contributed by atoms with Gasteiger partial charge in [-0.3, -0.25) is 11.3 Å². The predicted octanol–water partition coefficient (Wildman–Crippen LogP) is 0.0242. The van der Waals surface area contributed by atoms with Gasteiger partial charge in [-0.1, -0.05) is 6.08 Å². The lowest BCUT2D eigenvalue weighted by atomic mass is 10.4. The normalized spacial score (nSPS) is 13.7. The summed E-state index contributed by atoms with van der Waals surface area (Å²) in [6.07, 6.45) is 1.74. The zero-order valence-electron chi connectivity index (χ0n) is 3.94. The molecule has 0 aliphatic rings. The first-order valence-electron chi connectivity index (χ1n) is 1.90. The molecule has 2 heteroatoms. The third-order valence-electron chi connectivity index (χ3n) is 0.616. The van der Waals surface area contributed by atoms with Gasteiger partial charge < -0.3 is 0 Å².